The molecule has 2 atom stereocenters. The molecule has 5 heteroatoms. The number of aromatic nitrogens is 2. The topological polar surface area (TPSA) is 23.8 Å². The van der Waals surface area contributed by atoms with E-state index < -0.39 is 0 Å². The summed E-state index contributed by atoms with van der Waals surface area (Å²) in [6, 6.07) is 33.9. The highest BCUT2D eigenvalue weighted by atomic mass is 35.5. The van der Waals surface area contributed by atoms with Crippen LogP contribution >= 0.6 is 11.6 Å². The van der Waals surface area contributed by atoms with E-state index >= 15 is 0 Å². The molecule has 2 aromatic heterocycles. The quantitative estimate of drug-likeness (QED) is 0.245. The van der Waals surface area contributed by atoms with Crippen LogP contribution < -0.4 is 0 Å². The van der Waals surface area contributed by atoms with Gasteiger partial charge in [-0.25, -0.2) is 4.98 Å². The van der Waals surface area contributed by atoms with Crippen molar-refractivity contribution in [2.24, 2.45) is 11.8 Å². The van der Waals surface area contributed by atoms with E-state index in [-0.39, 0.29) is 0 Å². The summed E-state index contributed by atoms with van der Waals surface area (Å²) < 4.78 is 2.31. The fraction of sp³-hybridized carbons (Fsp3) is 0.242. The molecule has 38 heavy (non-hydrogen) atoms. The molecule has 2 unspecified atom stereocenters. The van der Waals surface area contributed by atoms with Gasteiger partial charge in [0.1, 0.15) is 5.65 Å². The third kappa shape index (κ3) is 4.64. The normalized spacial score (nSPS) is 19.8. The van der Waals surface area contributed by atoms with Gasteiger partial charge in [0.15, 0.2) is 0 Å². The average molecular weight is 519 g/mol. The van der Waals surface area contributed by atoms with Gasteiger partial charge in [-0.05, 0) is 52.8 Å². The lowest BCUT2D eigenvalue weighted by molar-refractivity contribution is 0.244. The van der Waals surface area contributed by atoms with Crippen molar-refractivity contribution in [3.05, 3.63) is 120 Å². The second kappa shape index (κ2) is 10.0. The number of nitrogens with zero attached hydrogens (tertiary/aromatic N) is 4. The molecular weight excluding hydrogens is 488 g/mol. The first-order valence-electron chi connectivity index (χ1n) is 13.5. The standard InChI is InChI=1S/C33H31ClN4/c34-30-14-11-26(12-15-30)33-31(38-22-27(13-16-32(38)35-33)25-9-5-2-6-10-25)23-37-20-28-18-36(19-29(28)21-37)17-24-7-3-1-4-8-24/h1-16,22,28-29H,17-21,23H2. The molecule has 0 bridgehead atoms. The van der Waals surface area contributed by atoms with Crippen LogP contribution in [0.1, 0.15) is 11.3 Å². The Hall–Kier alpha value is -3.44. The molecule has 2 aliphatic heterocycles. The van der Waals surface area contributed by atoms with Crippen molar-refractivity contribution in [3.8, 4) is 22.4 Å². The van der Waals surface area contributed by atoms with Crippen LogP contribution in [0.3, 0.4) is 0 Å². The van der Waals surface area contributed by atoms with Gasteiger partial charge in [0.2, 0.25) is 0 Å². The molecule has 0 aliphatic carbocycles. The largest absolute Gasteiger partial charge is 0.301 e. The first-order chi connectivity index (χ1) is 18.7. The Balaban J connectivity index is 1.17. The van der Waals surface area contributed by atoms with Crippen LogP contribution in [0.2, 0.25) is 5.02 Å². The summed E-state index contributed by atoms with van der Waals surface area (Å²) in [5, 5.41) is 0.748. The van der Waals surface area contributed by atoms with E-state index in [0.717, 1.165) is 59.9 Å². The Labute approximate surface area is 229 Å². The molecule has 5 aromatic rings. The molecule has 190 valence electrons. The van der Waals surface area contributed by atoms with E-state index in [1.165, 1.54) is 35.5 Å². The molecule has 0 spiro atoms. The van der Waals surface area contributed by atoms with E-state index in [1.54, 1.807) is 0 Å². The lowest BCUT2D eigenvalue weighted by atomic mass is 10.0. The molecule has 0 amide bonds. The molecule has 2 saturated heterocycles. The zero-order valence-electron chi connectivity index (χ0n) is 21.4. The van der Waals surface area contributed by atoms with Crippen LogP contribution in [0.4, 0.5) is 0 Å². The second-order valence-electron chi connectivity index (χ2n) is 10.8. The van der Waals surface area contributed by atoms with Gasteiger partial charge in [-0.2, -0.15) is 0 Å². The molecular formula is C33H31ClN4. The van der Waals surface area contributed by atoms with E-state index in [2.05, 4.69) is 105 Å². The van der Waals surface area contributed by atoms with Gasteiger partial charge in [-0.3, -0.25) is 9.80 Å². The first-order valence-corrected chi connectivity index (χ1v) is 13.9. The summed E-state index contributed by atoms with van der Waals surface area (Å²) in [7, 11) is 0. The maximum absolute atomic E-state index is 6.22. The minimum Gasteiger partial charge on any atom is -0.301 e. The van der Waals surface area contributed by atoms with Gasteiger partial charge in [0.25, 0.3) is 0 Å². The van der Waals surface area contributed by atoms with Crippen molar-refractivity contribution in [1.29, 1.82) is 0 Å². The summed E-state index contributed by atoms with van der Waals surface area (Å²) >= 11 is 6.22. The molecule has 7 rings (SSSR count). The smallest absolute Gasteiger partial charge is 0.137 e. The third-order valence-corrected chi connectivity index (χ3v) is 8.45. The maximum Gasteiger partial charge on any atom is 0.137 e. The Morgan fingerprint density at radius 2 is 1.24 bits per heavy atom. The number of halogens is 1. The van der Waals surface area contributed by atoms with Gasteiger partial charge < -0.3 is 4.40 Å². The number of pyridine rings is 1. The first kappa shape index (κ1) is 23.7. The van der Waals surface area contributed by atoms with Crippen molar-refractivity contribution in [2.75, 3.05) is 26.2 Å². The number of imidazole rings is 1. The molecule has 2 aliphatic rings. The predicted molar refractivity (Wildman–Crippen MR) is 155 cm³/mol. The van der Waals surface area contributed by atoms with Gasteiger partial charge in [-0.1, -0.05) is 84.4 Å². The molecule has 4 heterocycles. The number of hydrogen-bond donors (Lipinski definition) is 0. The molecule has 3 aromatic carbocycles. The lowest BCUT2D eigenvalue weighted by Gasteiger charge is -2.22. The molecule has 0 saturated carbocycles. The number of likely N-dealkylation sites (tertiary alicyclic amines) is 2. The number of rotatable bonds is 6. The van der Waals surface area contributed by atoms with Crippen molar-refractivity contribution >= 4 is 17.2 Å². The highest BCUT2D eigenvalue weighted by molar-refractivity contribution is 6.30. The van der Waals surface area contributed by atoms with E-state index in [4.69, 9.17) is 16.6 Å². The number of hydrogen-bond acceptors (Lipinski definition) is 3. The SMILES string of the molecule is Clc1ccc(-c2nc3ccc(-c4ccccc4)cn3c2CN2CC3CN(Cc4ccccc4)CC3C2)cc1. The summed E-state index contributed by atoms with van der Waals surface area (Å²) in [4.78, 5) is 10.4. The highest BCUT2D eigenvalue weighted by Crippen LogP contribution is 2.35. The Morgan fingerprint density at radius 1 is 0.632 bits per heavy atom. The monoisotopic (exact) mass is 518 g/mol. The van der Waals surface area contributed by atoms with Crippen LogP contribution in [-0.2, 0) is 13.1 Å². The Bertz CT molecular complexity index is 1530. The fourth-order valence-corrected chi connectivity index (χ4v) is 6.51. The lowest BCUT2D eigenvalue weighted by Crippen LogP contribution is -2.29. The highest BCUT2D eigenvalue weighted by Gasteiger charge is 2.40. The Kier molecular flexibility index (Phi) is 6.24. The predicted octanol–water partition coefficient (Wildman–Crippen LogP) is 6.89. The second-order valence-corrected chi connectivity index (χ2v) is 11.3. The van der Waals surface area contributed by atoms with Crippen LogP contribution in [0, 0.1) is 11.8 Å². The van der Waals surface area contributed by atoms with Gasteiger partial charge in [0.05, 0.1) is 11.4 Å². The van der Waals surface area contributed by atoms with E-state index in [1.807, 2.05) is 12.1 Å². The fourth-order valence-electron chi connectivity index (χ4n) is 6.38. The third-order valence-electron chi connectivity index (χ3n) is 8.20. The van der Waals surface area contributed by atoms with Crippen molar-refractivity contribution in [3.63, 3.8) is 0 Å². The van der Waals surface area contributed by atoms with E-state index in [9.17, 15) is 0 Å². The molecule has 0 N–H and O–H groups in total. The number of fused-ring (bicyclic) bond motifs is 2. The van der Waals surface area contributed by atoms with Crippen molar-refractivity contribution in [1.82, 2.24) is 19.2 Å². The van der Waals surface area contributed by atoms with Crippen LogP contribution in [0.5, 0.6) is 0 Å². The van der Waals surface area contributed by atoms with Gasteiger partial charge in [-0.15, -0.1) is 0 Å². The summed E-state index contributed by atoms with van der Waals surface area (Å²) in [6.45, 7) is 6.60. The summed E-state index contributed by atoms with van der Waals surface area (Å²) in [5.41, 5.74) is 8.24. The molecule has 0 radical (unpaired) electrons. The summed E-state index contributed by atoms with van der Waals surface area (Å²) in [5.74, 6) is 1.47. The number of benzene rings is 3. The zero-order valence-corrected chi connectivity index (χ0v) is 22.1. The average Bonchev–Trinajstić information content (AvgIpc) is 3.62. The van der Waals surface area contributed by atoms with Crippen LogP contribution in [0.25, 0.3) is 28.0 Å². The van der Waals surface area contributed by atoms with Crippen molar-refractivity contribution in [2.45, 2.75) is 13.1 Å². The minimum atomic E-state index is 0.733. The molecule has 2 fully saturated rings. The van der Waals surface area contributed by atoms with Crippen LogP contribution in [0.15, 0.2) is 103 Å². The molecule has 4 nitrogen and oxygen atoms in total. The zero-order chi connectivity index (χ0) is 25.5. The maximum atomic E-state index is 6.22. The van der Waals surface area contributed by atoms with Gasteiger partial charge >= 0.3 is 0 Å². The van der Waals surface area contributed by atoms with E-state index in [0.29, 0.717) is 0 Å². The minimum absolute atomic E-state index is 0.733. The van der Waals surface area contributed by atoms with Crippen LogP contribution in [-0.4, -0.2) is 45.4 Å². The van der Waals surface area contributed by atoms with Crippen molar-refractivity contribution < 1.29 is 0 Å². The summed E-state index contributed by atoms with van der Waals surface area (Å²) in [6.07, 6.45) is 2.25. The Morgan fingerprint density at radius 3 is 1.92 bits per heavy atom. The van der Waals surface area contributed by atoms with Gasteiger partial charge in [0, 0.05) is 56.1 Å².